The van der Waals surface area contributed by atoms with Crippen LogP contribution in [0, 0.1) is 10.1 Å². The quantitative estimate of drug-likeness (QED) is 0.508. The first-order valence-corrected chi connectivity index (χ1v) is 6.34. The fourth-order valence-electron chi connectivity index (χ4n) is 2.32. The van der Waals surface area contributed by atoms with Crippen molar-refractivity contribution in [1.82, 2.24) is 0 Å². The molecule has 1 aliphatic carbocycles. The Hall–Kier alpha value is -1.62. The topological polar surface area (TPSA) is 78.4 Å². The van der Waals surface area contributed by atoms with E-state index in [1.807, 2.05) is 0 Å². The number of ether oxygens (including phenoxy) is 1. The standard InChI is InChI=1S/C13H18N2O3/c14-10-6-2-1-3-8-12(10)18-13-9-5-4-7-11(13)15(16)17/h4-5,7,9-10,12H,1-3,6,8,14H2. The Morgan fingerprint density at radius 1 is 1.22 bits per heavy atom. The molecule has 1 aromatic rings. The molecule has 0 heterocycles. The van der Waals surface area contributed by atoms with Gasteiger partial charge >= 0.3 is 5.69 Å². The maximum absolute atomic E-state index is 10.9. The minimum atomic E-state index is -0.419. The van der Waals surface area contributed by atoms with Gasteiger partial charge in [-0.25, -0.2) is 0 Å². The van der Waals surface area contributed by atoms with Crippen molar-refractivity contribution in [3.05, 3.63) is 34.4 Å². The van der Waals surface area contributed by atoms with Crippen molar-refractivity contribution in [1.29, 1.82) is 0 Å². The van der Waals surface area contributed by atoms with Gasteiger partial charge in [0.1, 0.15) is 6.10 Å². The van der Waals surface area contributed by atoms with Crippen LogP contribution in [0.15, 0.2) is 24.3 Å². The van der Waals surface area contributed by atoms with Gasteiger partial charge in [-0.2, -0.15) is 0 Å². The molecule has 0 saturated heterocycles. The monoisotopic (exact) mass is 250 g/mol. The van der Waals surface area contributed by atoms with Gasteiger partial charge in [-0.15, -0.1) is 0 Å². The minimum absolute atomic E-state index is 0.00828. The van der Waals surface area contributed by atoms with Crippen LogP contribution in [-0.4, -0.2) is 17.1 Å². The zero-order chi connectivity index (χ0) is 13.0. The first-order valence-electron chi connectivity index (χ1n) is 6.34. The molecule has 2 N–H and O–H groups in total. The maximum atomic E-state index is 10.9. The molecule has 1 aliphatic rings. The molecular formula is C13H18N2O3. The van der Waals surface area contributed by atoms with Crippen LogP contribution in [0.5, 0.6) is 5.75 Å². The molecule has 98 valence electrons. The molecule has 0 amide bonds. The van der Waals surface area contributed by atoms with Crippen molar-refractivity contribution in [3.63, 3.8) is 0 Å². The number of rotatable bonds is 3. The van der Waals surface area contributed by atoms with Crippen molar-refractivity contribution in [2.24, 2.45) is 5.73 Å². The Labute approximate surface area is 106 Å². The van der Waals surface area contributed by atoms with Crippen LogP contribution in [-0.2, 0) is 0 Å². The van der Waals surface area contributed by atoms with Crippen LogP contribution < -0.4 is 10.5 Å². The van der Waals surface area contributed by atoms with Gasteiger partial charge in [-0.1, -0.05) is 25.0 Å². The molecule has 0 radical (unpaired) electrons. The molecule has 2 atom stereocenters. The maximum Gasteiger partial charge on any atom is 0.310 e. The van der Waals surface area contributed by atoms with Gasteiger partial charge in [0.2, 0.25) is 0 Å². The average molecular weight is 250 g/mol. The van der Waals surface area contributed by atoms with E-state index < -0.39 is 4.92 Å². The SMILES string of the molecule is NC1CCCCCC1Oc1ccccc1[N+](=O)[O-]. The smallest absolute Gasteiger partial charge is 0.310 e. The summed E-state index contributed by atoms with van der Waals surface area (Å²) in [6.45, 7) is 0. The van der Waals surface area contributed by atoms with Crippen LogP contribution in [0.1, 0.15) is 32.1 Å². The normalized spacial score (nSPS) is 24.3. The summed E-state index contributed by atoms with van der Waals surface area (Å²) < 4.78 is 5.77. The lowest BCUT2D eigenvalue weighted by molar-refractivity contribution is -0.386. The van der Waals surface area contributed by atoms with Gasteiger partial charge in [0.05, 0.1) is 4.92 Å². The summed E-state index contributed by atoms with van der Waals surface area (Å²) in [5.74, 6) is 0.324. The minimum Gasteiger partial charge on any atom is -0.482 e. The van der Waals surface area contributed by atoms with E-state index in [2.05, 4.69) is 0 Å². The molecule has 1 aromatic carbocycles. The first kappa shape index (κ1) is 12.8. The number of hydrogen-bond acceptors (Lipinski definition) is 4. The third-order valence-electron chi connectivity index (χ3n) is 3.34. The lowest BCUT2D eigenvalue weighted by Crippen LogP contribution is -2.37. The summed E-state index contributed by atoms with van der Waals surface area (Å²) in [5.41, 5.74) is 6.07. The predicted molar refractivity (Wildman–Crippen MR) is 68.6 cm³/mol. The molecular weight excluding hydrogens is 232 g/mol. The van der Waals surface area contributed by atoms with Crippen molar-refractivity contribution in [2.75, 3.05) is 0 Å². The zero-order valence-corrected chi connectivity index (χ0v) is 10.2. The van der Waals surface area contributed by atoms with Crippen molar-refractivity contribution in [2.45, 2.75) is 44.2 Å². The molecule has 5 nitrogen and oxygen atoms in total. The summed E-state index contributed by atoms with van der Waals surface area (Å²) in [6.07, 6.45) is 5.01. The van der Waals surface area contributed by atoms with E-state index in [1.165, 1.54) is 6.07 Å². The fraction of sp³-hybridized carbons (Fsp3) is 0.538. The van der Waals surface area contributed by atoms with Gasteiger partial charge in [0, 0.05) is 12.1 Å². The van der Waals surface area contributed by atoms with E-state index in [1.54, 1.807) is 18.2 Å². The number of benzene rings is 1. The van der Waals surface area contributed by atoms with Crippen molar-refractivity contribution >= 4 is 5.69 Å². The Morgan fingerprint density at radius 3 is 2.72 bits per heavy atom. The number of nitro benzene ring substituents is 1. The Morgan fingerprint density at radius 2 is 1.94 bits per heavy atom. The van der Waals surface area contributed by atoms with Crippen molar-refractivity contribution < 1.29 is 9.66 Å². The van der Waals surface area contributed by atoms with Gasteiger partial charge in [-0.05, 0) is 25.3 Å². The third kappa shape index (κ3) is 2.98. The van der Waals surface area contributed by atoms with Crippen LogP contribution in [0.4, 0.5) is 5.69 Å². The summed E-state index contributed by atoms with van der Waals surface area (Å²) in [4.78, 5) is 10.5. The van der Waals surface area contributed by atoms with E-state index in [9.17, 15) is 10.1 Å². The summed E-state index contributed by atoms with van der Waals surface area (Å²) in [5, 5.41) is 10.9. The third-order valence-corrected chi connectivity index (χ3v) is 3.34. The molecule has 1 saturated carbocycles. The largest absolute Gasteiger partial charge is 0.482 e. The first-order chi connectivity index (χ1) is 8.68. The van der Waals surface area contributed by atoms with Crippen LogP contribution in [0.3, 0.4) is 0 Å². The molecule has 0 spiro atoms. The number of nitro groups is 1. The lowest BCUT2D eigenvalue weighted by atomic mass is 10.1. The highest BCUT2D eigenvalue weighted by Crippen LogP contribution is 2.29. The number of nitrogens with zero attached hydrogens (tertiary/aromatic N) is 1. The van der Waals surface area contributed by atoms with Crippen LogP contribution in [0.2, 0.25) is 0 Å². The average Bonchev–Trinajstić information content (AvgIpc) is 2.55. The summed E-state index contributed by atoms with van der Waals surface area (Å²) in [6, 6.07) is 6.43. The molecule has 5 heteroatoms. The van der Waals surface area contributed by atoms with Crippen molar-refractivity contribution in [3.8, 4) is 5.75 Å². The van der Waals surface area contributed by atoms with E-state index >= 15 is 0 Å². The summed E-state index contributed by atoms with van der Waals surface area (Å²) in [7, 11) is 0. The molecule has 0 aromatic heterocycles. The molecule has 2 unspecified atom stereocenters. The van der Waals surface area contributed by atoms with Gasteiger partial charge in [-0.3, -0.25) is 10.1 Å². The number of nitrogens with two attached hydrogens (primary N) is 1. The van der Waals surface area contributed by atoms with E-state index in [0.29, 0.717) is 5.75 Å². The molecule has 0 aliphatic heterocycles. The Balaban J connectivity index is 2.14. The van der Waals surface area contributed by atoms with Gasteiger partial charge in [0.25, 0.3) is 0 Å². The zero-order valence-electron chi connectivity index (χ0n) is 10.2. The highest BCUT2D eigenvalue weighted by atomic mass is 16.6. The second-order valence-corrected chi connectivity index (χ2v) is 4.68. The molecule has 0 bridgehead atoms. The lowest BCUT2D eigenvalue weighted by Gasteiger charge is -2.22. The van der Waals surface area contributed by atoms with E-state index in [0.717, 1.165) is 32.1 Å². The Bertz CT molecular complexity index is 422. The molecule has 2 rings (SSSR count). The van der Waals surface area contributed by atoms with E-state index in [4.69, 9.17) is 10.5 Å². The van der Waals surface area contributed by atoms with Gasteiger partial charge < -0.3 is 10.5 Å². The predicted octanol–water partition coefficient (Wildman–Crippen LogP) is 2.63. The van der Waals surface area contributed by atoms with E-state index in [-0.39, 0.29) is 17.8 Å². The molecule has 1 fully saturated rings. The van der Waals surface area contributed by atoms with Gasteiger partial charge in [0.15, 0.2) is 5.75 Å². The summed E-state index contributed by atoms with van der Waals surface area (Å²) >= 11 is 0. The molecule has 18 heavy (non-hydrogen) atoms. The van der Waals surface area contributed by atoms with Crippen LogP contribution >= 0.6 is 0 Å². The number of para-hydroxylation sites is 2. The van der Waals surface area contributed by atoms with Crippen LogP contribution in [0.25, 0.3) is 0 Å². The second kappa shape index (κ2) is 5.82. The fourth-order valence-corrected chi connectivity index (χ4v) is 2.32. The Kier molecular flexibility index (Phi) is 4.15. The second-order valence-electron chi connectivity index (χ2n) is 4.68. The highest BCUT2D eigenvalue weighted by molar-refractivity contribution is 5.45. The number of hydrogen-bond donors (Lipinski definition) is 1. The highest BCUT2D eigenvalue weighted by Gasteiger charge is 2.24.